The summed E-state index contributed by atoms with van der Waals surface area (Å²) in [7, 11) is 1.58. The third-order valence-corrected chi connectivity index (χ3v) is 3.07. The van der Waals surface area contributed by atoms with E-state index in [1.54, 1.807) is 13.2 Å². The lowest BCUT2D eigenvalue weighted by atomic mass is 10.1. The second-order valence-corrected chi connectivity index (χ2v) is 5.04. The van der Waals surface area contributed by atoms with Crippen molar-refractivity contribution in [1.29, 1.82) is 0 Å². The lowest BCUT2D eigenvalue weighted by Crippen LogP contribution is -2.14. The number of hydrogen-bond donors (Lipinski definition) is 0. The quantitative estimate of drug-likeness (QED) is 0.672. The number of hydrogen-bond acceptors (Lipinski definition) is 3. The van der Waals surface area contributed by atoms with Gasteiger partial charge in [0.15, 0.2) is 5.78 Å². The molecule has 0 saturated carbocycles. The topological polar surface area (TPSA) is 35.5 Å². The number of rotatable bonds is 8. The molecule has 3 nitrogen and oxygen atoms in total. The molecule has 0 N–H and O–H groups in total. The minimum absolute atomic E-state index is 0.0273. The van der Waals surface area contributed by atoms with Gasteiger partial charge in [0, 0.05) is 6.61 Å². The SMILES string of the molecule is CCCC(C)COCC(=O)c1ccc(C)cc1OC. The molecule has 106 valence electrons. The van der Waals surface area contributed by atoms with Crippen LogP contribution >= 0.6 is 0 Å². The third-order valence-electron chi connectivity index (χ3n) is 3.07. The molecule has 0 bridgehead atoms. The Balaban J connectivity index is 2.54. The number of ether oxygens (including phenoxy) is 2. The fourth-order valence-corrected chi connectivity index (χ4v) is 2.04. The summed E-state index contributed by atoms with van der Waals surface area (Å²) >= 11 is 0. The molecule has 0 aromatic heterocycles. The lowest BCUT2D eigenvalue weighted by Gasteiger charge is -2.12. The Labute approximate surface area is 115 Å². The Kier molecular flexibility index (Phi) is 6.57. The van der Waals surface area contributed by atoms with Gasteiger partial charge in [-0.1, -0.05) is 26.3 Å². The first kappa shape index (κ1) is 15.7. The van der Waals surface area contributed by atoms with Crippen molar-refractivity contribution in [3.05, 3.63) is 29.3 Å². The lowest BCUT2D eigenvalue weighted by molar-refractivity contribution is 0.0680. The molecule has 0 amide bonds. The van der Waals surface area contributed by atoms with Gasteiger partial charge < -0.3 is 9.47 Å². The molecule has 19 heavy (non-hydrogen) atoms. The molecule has 1 rings (SSSR count). The second-order valence-electron chi connectivity index (χ2n) is 5.04. The molecular weight excluding hydrogens is 240 g/mol. The summed E-state index contributed by atoms with van der Waals surface area (Å²) < 4.78 is 10.7. The van der Waals surface area contributed by atoms with E-state index in [1.165, 1.54) is 0 Å². The van der Waals surface area contributed by atoms with Crippen LogP contribution in [0.1, 0.15) is 42.6 Å². The molecule has 0 aliphatic carbocycles. The second kappa shape index (κ2) is 7.95. The van der Waals surface area contributed by atoms with Crippen LogP contribution in [0.3, 0.4) is 0 Å². The number of Topliss-reactive ketones (excluding diaryl/α,β-unsaturated/α-hetero) is 1. The van der Waals surface area contributed by atoms with Gasteiger partial charge in [-0.05, 0) is 37.0 Å². The van der Waals surface area contributed by atoms with Gasteiger partial charge in [-0.3, -0.25) is 4.79 Å². The fourth-order valence-electron chi connectivity index (χ4n) is 2.04. The van der Waals surface area contributed by atoms with Crippen LogP contribution in [0.5, 0.6) is 5.75 Å². The molecular formula is C16H24O3. The van der Waals surface area contributed by atoms with Crippen LogP contribution in [-0.4, -0.2) is 26.1 Å². The van der Waals surface area contributed by atoms with Gasteiger partial charge in [-0.25, -0.2) is 0 Å². The van der Waals surface area contributed by atoms with Gasteiger partial charge >= 0.3 is 0 Å². The van der Waals surface area contributed by atoms with Crippen molar-refractivity contribution in [2.24, 2.45) is 5.92 Å². The molecule has 1 aromatic carbocycles. The van der Waals surface area contributed by atoms with Crippen LogP contribution in [-0.2, 0) is 4.74 Å². The summed E-state index contributed by atoms with van der Waals surface area (Å²) in [5.41, 5.74) is 1.67. The highest BCUT2D eigenvalue weighted by Crippen LogP contribution is 2.20. The van der Waals surface area contributed by atoms with E-state index in [1.807, 2.05) is 19.1 Å². The van der Waals surface area contributed by atoms with E-state index in [2.05, 4.69) is 13.8 Å². The van der Waals surface area contributed by atoms with Gasteiger partial charge in [0.2, 0.25) is 0 Å². The zero-order chi connectivity index (χ0) is 14.3. The number of methoxy groups -OCH3 is 1. The van der Waals surface area contributed by atoms with E-state index in [0.717, 1.165) is 18.4 Å². The molecule has 0 fully saturated rings. The summed E-state index contributed by atoms with van der Waals surface area (Å²) in [6, 6.07) is 5.58. The molecule has 1 aromatic rings. The van der Waals surface area contributed by atoms with Crippen molar-refractivity contribution >= 4 is 5.78 Å². The Hall–Kier alpha value is -1.35. The fraction of sp³-hybridized carbons (Fsp3) is 0.562. The molecule has 0 spiro atoms. The molecule has 0 saturated heterocycles. The van der Waals surface area contributed by atoms with Crippen LogP contribution in [0.2, 0.25) is 0 Å². The van der Waals surface area contributed by atoms with E-state index in [4.69, 9.17) is 9.47 Å². The van der Waals surface area contributed by atoms with E-state index in [-0.39, 0.29) is 12.4 Å². The van der Waals surface area contributed by atoms with Crippen LogP contribution in [0.15, 0.2) is 18.2 Å². The summed E-state index contributed by atoms with van der Waals surface area (Å²) in [6.45, 7) is 7.01. The first-order chi connectivity index (χ1) is 9.08. The van der Waals surface area contributed by atoms with Gasteiger partial charge in [0.1, 0.15) is 12.4 Å². The predicted octanol–water partition coefficient (Wildman–Crippen LogP) is 3.64. The molecule has 0 aliphatic rings. The van der Waals surface area contributed by atoms with Crippen molar-refractivity contribution in [2.45, 2.75) is 33.6 Å². The van der Waals surface area contributed by atoms with Gasteiger partial charge in [0.05, 0.1) is 12.7 Å². The third kappa shape index (κ3) is 5.03. The highest BCUT2D eigenvalue weighted by Gasteiger charge is 2.13. The molecule has 0 aliphatic heterocycles. The van der Waals surface area contributed by atoms with Crippen LogP contribution in [0.4, 0.5) is 0 Å². The van der Waals surface area contributed by atoms with Crippen molar-refractivity contribution < 1.29 is 14.3 Å². The monoisotopic (exact) mass is 264 g/mol. The molecule has 0 radical (unpaired) electrons. The highest BCUT2D eigenvalue weighted by atomic mass is 16.5. The van der Waals surface area contributed by atoms with E-state index in [9.17, 15) is 4.79 Å². The molecule has 3 heteroatoms. The highest BCUT2D eigenvalue weighted by molar-refractivity contribution is 5.99. The molecule has 1 atom stereocenters. The Morgan fingerprint density at radius 1 is 1.37 bits per heavy atom. The normalized spacial score (nSPS) is 12.2. The Morgan fingerprint density at radius 2 is 2.11 bits per heavy atom. The summed E-state index contributed by atoms with van der Waals surface area (Å²) in [6.07, 6.45) is 2.27. The summed E-state index contributed by atoms with van der Waals surface area (Å²) in [5.74, 6) is 1.09. The van der Waals surface area contributed by atoms with Gasteiger partial charge in [0.25, 0.3) is 0 Å². The number of carbonyl (C=O) groups is 1. The molecule has 0 heterocycles. The summed E-state index contributed by atoms with van der Waals surface area (Å²) in [5, 5.41) is 0. The zero-order valence-electron chi connectivity index (χ0n) is 12.4. The van der Waals surface area contributed by atoms with Gasteiger partial charge in [-0.15, -0.1) is 0 Å². The first-order valence-electron chi connectivity index (χ1n) is 6.84. The molecule has 1 unspecified atom stereocenters. The van der Waals surface area contributed by atoms with Crippen molar-refractivity contribution in [1.82, 2.24) is 0 Å². The van der Waals surface area contributed by atoms with Crippen LogP contribution in [0, 0.1) is 12.8 Å². The Bertz CT molecular complexity index is 412. The number of carbonyl (C=O) groups excluding carboxylic acids is 1. The van der Waals surface area contributed by atoms with Crippen LogP contribution in [0.25, 0.3) is 0 Å². The smallest absolute Gasteiger partial charge is 0.192 e. The first-order valence-corrected chi connectivity index (χ1v) is 6.84. The number of aryl methyl sites for hydroxylation is 1. The predicted molar refractivity (Wildman–Crippen MR) is 77.0 cm³/mol. The van der Waals surface area contributed by atoms with Crippen molar-refractivity contribution in [3.8, 4) is 5.75 Å². The minimum Gasteiger partial charge on any atom is -0.496 e. The summed E-state index contributed by atoms with van der Waals surface area (Å²) in [4.78, 5) is 12.1. The maximum atomic E-state index is 12.1. The van der Waals surface area contributed by atoms with E-state index >= 15 is 0 Å². The van der Waals surface area contributed by atoms with E-state index in [0.29, 0.717) is 23.8 Å². The van der Waals surface area contributed by atoms with Gasteiger partial charge in [-0.2, -0.15) is 0 Å². The van der Waals surface area contributed by atoms with Crippen molar-refractivity contribution in [2.75, 3.05) is 20.3 Å². The van der Waals surface area contributed by atoms with E-state index < -0.39 is 0 Å². The van der Waals surface area contributed by atoms with Crippen LogP contribution < -0.4 is 4.74 Å². The minimum atomic E-state index is -0.0273. The zero-order valence-corrected chi connectivity index (χ0v) is 12.4. The van der Waals surface area contributed by atoms with Crippen molar-refractivity contribution in [3.63, 3.8) is 0 Å². The standard InChI is InChI=1S/C16H24O3/c1-5-6-13(3)10-19-11-15(17)14-8-7-12(2)9-16(14)18-4/h7-9,13H,5-6,10-11H2,1-4H3. The number of ketones is 1. The maximum Gasteiger partial charge on any atom is 0.192 e. The maximum absolute atomic E-state index is 12.1. The Morgan fingerprint density at radius 3 is 2.74 bits per heavy atom. The average Bonchev–Trinajstić information content (AvgIpc) is 2.38. The number of benzene rings is 1. The largest absolute Gasteiger partial charge is 0.496 e. The average molecular weight is 264 g/mol.